The number of aryl methyl sites for hydroxylation is 1. The van der Waals surface area contributed by atoms with Gasteiger partial charge in [0.2, 0.25) is 15.9 Å². The third-order valence-corrected chi connectivity index (χ3v) is 6.49. The molecule has 0 aliphatic carbocycles. The Balaban J connectivity index is 1.77. The van der Waals surface area contributed by atoms with Crippen molar-refractivity contribution in [3.8, 4) is 0 Å². The molecule has 0 radical (unpaired) electrons. The summed E-state index contributed by atoms with van der Waals surface area (Å²) in [7, 11) is -3.78. The third-order valence-electron chi connectivity index (χ3n) is 4.43. The molecule has 0 spiro atoms. The molecular weight excluding hydrogens is 388 g/mol. The van der Waals surface area contributed by atoms with Crippen molar-refractivity contribution >= 4 is 33.4 Å². The molecule has 3 rings (SSSR count). The van der Waals surface area contributed by atoms with Crippen molar-refractivity contribution in [3.63, 3.8) is 0 Å². The number of thioether (sulfide) groups is 1. The van der Waals surface area contributed by atoms with E-state index in [1.807, 2.05) is 13.8 Å². The zero-order chi connectivity index (χ0) is 19.8. The molecule has 1 aromatic carbocycles. The van der Waals surface area contributed by atoms with Crippen LogP contribution in [0.5, 0.6) is 0 Å². The van der Waals surface area contributed by atoms with Crippen LogP contribution in [0.1, 0.15) is 18.2 Å². The van der Waals surface area contributed by atoms with Crippen LogP contribution in [0.15, 0.2) is 39.1 Å². The number of benzene rings is 1. The molecule has 1 aliphatic rings. The molecule has 3 N–H and O–H groups in total. The number of rotatable bonds is 4. The van der Waals surface area contributed by atoms with Crippen molar-refractivity contribution in [1.82, 2.24) is 9.55 Å². The van der Waals surface area contributed by atoms with Gasteiger partial charge in [0.05, 0.1) is 10.8 Å². The summed E-state index contributed by atoms with van der Waals surface area (Å²) in [6.07, 6.45) is 0.593. The van der Waals surface area contributed by atoms with E-state index in [4.69, 9.17) is 5.14 Å². The number of nitrogens with zero attached hydrogens (tertiary/aromatic N) is 2. The van der Waals surface area contributed by atoms with Gasteiger partial charge in [-0.15, -0.1) is 0 Å². The number of carbonyl (C=O) groups is 1. The lowest BCUT2D eigenvalue weighted by Crippen LogP contribution is -2.38. The second-order valence-corrected chi connectivity index (χ2v) is 8.84. The van der Waals surface area contributed by atoms with E-state index in [0.29, 0.717) is 28.6 Å². The number of amides is 1. The number of nitrogens with one attached hydrogen (secondary N) is 1. The van der Waals surface area contributed by atoms with Crippen molar-refractivity contribution in [1.29, 1.82) is 0 Å². The molecule has 1 amide bonds. The van der Waals surface area contributed by atoms with Gasteiger partial charge in [-0.3, -0.25) is 14.2 Å². The summed E-state index contributed by atoms with van der Waals surface area (Å²) >= 11 is 1.38. The Labute approximate surface area is 161 Å². The summed E-state index contributed by atoms with van der Waals surface area (Å²) in [5.74, 6) is -0.118. The smallest absolute Gasteiger partial charge is 0.257 e. The summed E-state index contributed by atoms with van der Waals surface area (Å²) in [5.41, 5.74) is 1.77. The van der Waals surface area contributed by atoms with Gasteiger partial charge in [0, 0.05) is 29.2 Å². The maximum Gasteiger partial charge on any atom is 0.257 e. The largest absolute Gasteiger partial charge is 0.326 e. The molecule has 0 saturated carbocycles. The highest BCUT2D eigenvalue weighted by molar-refractivity contribution is 7.99. The lowest BCUT2D eigenvalue weighted by atomic mass is 10.1. The maximum absolute atomic E-state index is 12.6. The van der Waals surface area contributed by atoms with E-state index in [1.165, 1.54) is 36.0 Å². The average molecular weight is 409 g/mol. The maximum atomic E-state index is 12.6. The van der Waals surface area contributed by atoms with Crippen molar-refractivity contribution in [2.75, 3.05) is 11.1 Å². The van der Waals surface area contributed by atoms with E-state index >= 15 is 0 Å². The highest BCUT2D eigenvalue weighted by atomic mass is 32.2. The van der Waals surface area contributed by atoms with Crippen LogP contribution in [0.4, 0.5) is 5.69 Å². The van der Waals surface area contributed by atoms with E-state index < -0.39 is 15.9 Å². The Morgan fingerprint density at radius 3 is 2.63 bits per heavy atom. The van der Waals surface area contributed by atoms with Gasteiger partial charge in [0.1, 0.15) is 0 Å². The van der Waals surface area contributed by atoms with Crippen LogP contribution in [-0.2, 0) is 27.8 Å². The number of anilines is 1. The molecule has 2 aromatic rings. The molecule has 144 valence electrons. The number of hydrogen-bond donors (Lipinski definition) is 2. The van der Waals surface area contributed by atoms with E-state index in [2.05, 4.69) is 10.3 Å². The first kappa shape index (κ1) is 19.6. The minimum atomic E-state index is -3.78. The van der Waals surface area contributed by atoms with Gasteiger partial charge in [0.25, 0.3) is 5.56 Å². The summed E-state index contributed by atoms with van der Waals surface area (Å²) in [5, 5.41) is 8.45. The standard InChI is InChI=1S/C17H20N4O4S2/c1-3-14-10(2)19-17-21(16(14)23)8-11(9-26-17)15(22)20-12-4-6-13(7-5-12)27(18,24)25/h4-7,11H,3,8-9H2,1-2H3,(H,20,22)(H2,18,24,25)/t11-/m0/s1. The minimum Gasteiger partial charge on any atom is -0.326 e. The van der Waals surface area contributed by atoms with Gasteiger partial charge < -0.3 is 5.32 Å². The van der Waals surface area contributed by atoms with Crippen LogP contribution in [0.25, 0.3) is 0 Å². The van der Waals surface area contributed by atoms with Crippen LogP contribution >= 0.6 is 11.8 Å². The van der Waals surface area contributed by atoms with Crippen molar-refractivity contribution in [2.45, 2.75) is 36.9 Å². The first-order chi connectivity index (χ1) is 12.7. The molecule has 0 saturated heterocycles. The fraction of sp³-hybridized carbons (Fsp3) is 0.353. The molecule has 27 heavy (non-hydrogen) atoms. The number of fused-ring (bicyclic) bond motifs is 1. The summed E-state index contributed by atoms with van der Waals surface area (Å²) in [6.45, 7) is 4.00. The molecule has 2 heterocycles. The fourth-order valence-corrected chi connectivity index (χ4v) is 4.57. The normalized spacial score (nSPS) is 16.6. The second kappa shape index (κ2) is 7.45. The molecule has 1 aliphatic heterocycles. The van der Waals surface area contributed by atoms with E-state index in [9.17, 15) is 18.0 Å². The van der Waals surface area contributed by atoms with Gasteiger partial charge in [-0.2, -0.15) is 0 Å². The predicted molar refractivity (Wildman–Crippen MR) is 103 cm³/mol. The summed E-state index contributed by atoms with van der Waals surface area (Å²) in [6, 6.07) is 5.63. The lowest BCUT2D eigenvalue weighted by molar-refractivity contribution is -0.119. The summed E-state index contributed by atoms with van der Waals surface area (Å²) in [4.78, 5) is 29.7. The molecule has 1 aromatic heterocycles. The molecular formula is C17H20N4O4S2. The van der Waals surface area contributed by atoms with Gasteiger partial charge >= 0.3 is 0 Å². The summed E-state index contributed by atoms with van der Waals surface area (Å²) < 4.78 is 24.1. The monoisotopic (exact) mass is 408 g/mol. The molecule has 0 bridgehead atoms. The predicted octanol–water partition coefficient (Wildman–Crippen LogP) is 1.12. The quantitative estimate of drug-likeness (QED) is 0.731. The van der Waals surface area contributed by atoms with E-state index in [0.717, 1.165) is 5.69 Å². The number of aromatic nitrogens is 2. The molecule has 0 fully saturated rings. The van der Waals surface area contributed by atoms with Gasteiger partial charge in [-0.25, -0.2) is 18.5 Å². The van der Waals surface area contributed by atoms with Crippen molar-refractivity contribution in [2.24, 2.45) is 11.1 Å². The minimum absolute atomic E-state index is 0.0252. The highest BCUT2D eigenvalue weighted by Gasteiger charge is 2.28. The van der Waals surface area contributed by atoms with Crippen LogP contribution < -0.4 is 16.0 Å². The first-order valence-corrected chi connectivity index (χ1v) is 10.9. The Morgan fingerprint density at radius 2 is 2.04 bits per heavy atom. The molecule has 0 unspecified atom stereocenters. The van der Waals surface area contributed by atoms with Crippen molar-refractivity contribution < 1.29 is 13.2 Å². The number of carbonyl (C=O) groups excluding carboxylic acids is 1. The van der Waals surface area contributed by atoms with E-state index in [1.54, 1.807) is 4.57 Å². The van der Waals surface area contributed by atoms with Crippen LogP contribution in [-0.4, -0.2) is 29.6 Å². The number of hydrogen-bond acceptors (Lipinski definition) is 6. The van der Waals surface area contributed by atoms with Crippen LogP contribution in [0, 0.1) is 12.8 Å². The lowest BCUT2D eigenvalue weighted by Gasteiger charge is -2.25. The molecule has 1 atom stereocenters. The Bertz CT molecular complexity index is 1050. The zero-order valence-corrected chi connectivity index (χ0v) is 16.6. The highest BCUT2D eigenvalue weighted by Crippen LogP contribution is 2.27. The van der Waals surface area contributed by atoms with Crippen LogP contribution in [0.3, 0.4) is 0 Å². The van der Waals surface area contributed by atoms with Crippen molar-refractivity contribution in [3.05, 3.63) is 45.9 Å². The number of sulfonamides is 1. The topological polar surface area (TPSA) is 124 Å². The SMILES string of the molecule is CCc1c(C)nc2n(c1=O)C[C@H](C(=O)Nc1ccc(S(N)(=O)=O)cc1)CS2. The van der Waals surface area contributed by atoms with E-state index in [-0.39, 0.29) is 22.9 Å². The number of primary sulfonamides is 1. The Kier molecular flexibility index (Phi) is 5.41. The third kappa shape index (κ3) is 4.07. The average Bonchev–Trinajstić information content (AvgIpc) is 2.61. The second-order valence-electron chi connectivity index (χ2n) is 6.29. The molecule has 8 nitrogen and oxygen atoms in total. The zero-order valence-electron chi connectivity index (χ0n) is 14.9. The van der Waals surface area contributed by atoms with Gasteiger partial charge in [0.15, 0.2) is 5.16 Å². The Hall–Kier alpha value is -2.17. The molecule has 10 heteroatoms. The Morgan fingerprint density at radius 1 is 1.37 bits per heavy atom. The fourth-order valence-electron chi connectivity index (χ4n) is 2.93. The first-order valence-electron chi connectivity index (χ1n) is 8.37. The van der Waals surface area contributed by atoms with Gasteiger partial charge in [-0.05, 0) is 37.6 Å². The number of nitrogens with two attached hydrogens (primary N) is 1. The van der Waals surface area contributed by atoms with Crippen LogP contribution in [0.2, 0.25) is 0 Å². The van der Waals surface area contributed by atoms with Gasteiger partial charge in [-0.1, -0.05) is 18.7 Å².